The Hall–Kier alpha value is -1.75. The smallest absolute Gasteiger partial charge is 0.227 e. The van der Waals surface area contributed by atoms with Crippen molar-refractivity contribution in [3.8, 4) is 0 Å². The Morgan fingerprint density at radius 1 is 1.37 bits per heavy atom. The number of nitrogens with two attached hydrogens (primary N) is 1. The van der Waals surface area contributed by atoms with Gasteiger partial charge in [0.2, 0.25) is 5.91 Å². The Balaban J connectivity index is 2.00. The summed E-state index contributed by atoms with van der Waals surface area (Å²) in [7, 11) is 0. The van der Waals surface area contributed by atoms with Gasteiger partial charge in [-0.2, -0.15) is 0 Å². The van der Waals surface area contributed by atoms with Gasteiger partial charge < -0.3 is 11.1 Å². The monoisotopic (exact) mass is 266 g/mol. The zero-order valence-corrected chi connectivity index (χ0v) is 10.6. The lowest BCUT2D eigenvalue weighted by Crippen LogP contribution is -2.32. The molecule has 1 aliphatic carbocycles. The van der Waals surface area contributed by atoms with E-state index in [1.807, 2.05) is 0 Å². The Labute approximate surface area is 110 Å². The maximum Gasteiger partial charge on any atom is 0.227 e. The molecule has 3 atom stereocenters. The fourth-order valence-corrected chi connectivity index (χ4v) is 2.11. The summed E-state index contributed by atoms with van der Waals surface area (Å²) >= 11 is 0. The number of nitrogens with one attached hydrogen (secondary N) is 1. The van der Waals surface area contributed by atoms with Crippen LogP contribution in [-0.2, 0) is 4.79 Å². The van der Waals surface area contributed by atoms with Crippen LogP contribution in [0.15, 0.2) is 30.4 Å². The van der Waals surface area contributed by atoms with Gasteiger partial charge in [-0.1, -0.05) is 18.2 Å². The molecular formula is C14H16F2N2O. The second-order valence-corrected chi connectivity index (χ2v) is 4.79. The molecule has 2 rings (SSSR count). The first-order chi connectivity index (χ1) is 8.97. The van der Waals surface area contributed by atoms with Gasteiger partial charge in [-0.15, -0.1) is 0 Å². The molecule has 0 aromatic heterocycles. The van der Waals surface area contributed by atoms with E-state index in [0.717, 1.165) is 12.1 Å². The molecule has 0 spiro atoms. The number of hydrogen-bond donors (Lipinski definition) is 2. The van der Waals surface area contributed by atoms with Crippen molar-refractivity contribution in [3.63, 3.8) is 0 Å². The Bertz CT molecular complexity index is 516. The minimum atomic E-state index is -0.915. The lowest BCUT2D eigenvalue weighted by atomic mass is 10.0. The molecule has 0 heterocycles. The number of rotatable bonds is 3. The highest BCUT2D eigenvalue weighted by Crippen LogP contribution is 2.20. The van der Waals surface area contributed by atoms with E-state index in [1.54, 1.807) is 19.1 Å². The normalized spacial score (nSPS) is 23.4. The van der Waals surface area contributed by atoms with Crippen molar-refractivity contribution in [2.24, 2.45) is 11.7 Å². The molecule has 0 saturated carbocycles. The van der Waals surface area contributed by atoms with E-state index in [2.05, 4.69) is 5.32 Å². The summed E-state index contributed by atoms with van der Waals surface area (Å²) in [5.74, 6) is -2.21. The van der Waals surface area contributed by atoms with Gasteiger partial charge in [-0.05, 0) is 31.0 Å². The molecule has 0 saturated heterocycles. The molecule has 0 aliphatic heterocycles. The molecule has 1 aromatic carbocycles. The molecule has 3 N–H and O–H groups in total. The second kappa shape index (κ2) is 5.48. The third-order valence-corrected chi connectivity index (χ3v) is 3.26. The summed E-state index contributed by atoms with van der Waals surface area (Å²) in [5.41, 5.74) is 6.21. The zero-order valence-electron chi connectivity index (χ0n) is 10.6. The standard InChI is InChI=1S/C14H16F2N2O/c1-8(9-3-5-12(15)13(16)7-9)18-14(19)10-2-4-11(17)6-10/h2-5,7-8,10-11H,6,17H2,1H3,(H,18,19). The van der Waals surface area contributed by atoms with Gasteiger partial charge in [-0.25, -0.2) is 8.78 Å². The predicted molar refractivity (Wildman–Crippen MR) is 68.1 cm³/mol. The van der Waals surface area contributed by atoms with Gasteiger partial charge in [0.05, 0.1) is 12.0 Å². The highest BCUT2D eigenvalue weighted by molar-refractivity contribution is 5.81. The molecule has 1 aliphatic rings. The van der Waals surface area contributed by atoms with Gasteiger partial charge in [0.15, 0.2) is 11.6 Å². The van der Waals surface area contributed by atoms with Crippen LogP contribution < -0.4 is 11.1 Å². The molecule has 19 heavy (non-hydrogen) atoms. The fraction of sp³-hybridized carbons (Fsp3) is 0.357. The number of hydrogen-bond acceptors (Lipinski definition) is 2. The molecule has 0 fully saturated rings. The van der Waals surface area contributed by atoms with Crippen LogP contribution in [0.1, 0.15) is 24.9 Å². The molecular weight excluding hydrogens is 250 g/mol. The largest absolute Gasteiger partial charge is 0.349 e. The molecule has 1 amide bonds. The van der Waals surface area contributed by atoms with Crippen LogP contribution in [-0.4, -0.2) is 11.9 Å². The lowest BCUT2D eigenvalue weighted by Gasteiger charge is -2.17. The van der Waals surface area contributed by atoms with E-state index in [1.165, 1.54) is 6.07 Å². The SMILES string of the molecule is CC(NC(=O)C1C=CC(N)C1)c1ccc(F)c(F)c1. The van der Waals surface area contributed by atoms with Crippen LogP contribution in [0.5, 0.6) is 0 Å². The van der Waals surface area contributed by atoms with Crippen molar-refractivity contribution in [1.82, 2.24) is 5.32 Å². The molecule has 3 nitrogen and oxygen atoms in total. The summed E-state index contributed by atoms with van der Waals surface area (Å²) in [6.45, 7) is 1.73. The van der Waals surface area contributed by atoms with Crippen LogP contribution in [0.3, 0.4) is 0 Å². The molecule has 1 aromatic rings. The number of carbonyl (C=O) groups is 1. The van der Waals surface area contributed by atoms with E-state index < -0.39 is 11.6 Å². The highest BCUT2D eigenvalue weighted by Gasteiger charge is 2.24. The summed E-state index contributed by atoms with van der Waals surface area (Å²) in [5, 5.41) is 2.77. The third-order valence-electron chi connectivity index (χ3n) is 3.26. The van der Waals surface area contributed by atoms with Gasteiger partial charge >= 0.3 is 0 Å². The van der Waals surface area contributed by atoms with Gasteiger partial charge in [0.25, 0.3) is 0 Å². The molecule has 102 valence electrons. The number of amides is 1. The Kier molecular flexibility index (Phi) is 3.95. The van der Waals surface area contributed by atoms with Crippen molar-refractivity contribution in [3.05, 3.63) is 47.5 Å². The quantitative estimate of drug-likeness (QED) is 0.823. The topological polar surface area (TPSA) is 55.1 Å². The van der Waals surface area contributed by atoms with Crippen molar-refractivity contribution in [1.29, 1.82) is 0 Å². The predicted octanol–water partition coefficient (Wildman–Crippen LogP) is 2.05. The van der Waals surface area contributed by atoms with Gasteiger partial charge in [0, 0.05) is 6.04 Å². The number of carbonyl (C=O) groups excluding carboxylic acids is 1. The average molecular weight is 266 g/mol. The van der Waals surface area contributed by atoms with Crippen LogP contribution in [0, 0.1) is 17.6 Å². The van der Waals surface area contributed by atoms with E-state index in [4.69, 9.17) is 5.73 Å². The van der Waals surface area contributed by atoms with Crippen LogP contribution in [0.4, 0.5) is 8.78 Å². The van der Waals surface area contributed by atoms with Gasteiger partial charge in [-0.3, -0.25) is 4.79 Å². The third kappa shape index (κ3) is 3.17. The molecule has 5 heteroatoms. The molecule has 3 unspecified atom stereocenters. The number of halogens is 2. The van der Waals surface area contributed by atoms with E-state index in [0.29, 0.717) is 12.0 Å². The van der Waals surface area contributed by atoms with Crippen LogP contribution >= 0.6 is 0 Å². The van der Waals surface area contributed by atoms with Crippen molar-refractivity contribution < 1.29 is 13.6 Å². The van der Waals surface area contributed by atoms with E-state index in [-0.39, 0.29) is 23.9 Å². The first-order valence-corrected chi connectivity index (χ1v) is 6.16. The van der Waals surface area contributed by atoms with Crippen molar-refractivity contribution in [2.45, 2.75) is 25.4 Å². The zero-order chi connectivity index (χ0) is 14.0. The van der Waals surface area contributed by atoms with Crippen molar-refractivity contribution in [2.75, 3.05) is 0 Å². The summed E-state index contributed by atoms with van der Waals surface area (Å²) in [6, 6.07) is 3.14. The second-order valence-electron chi connectivity index (χ2n) is 4.79. The minimum Gasteiger partial charge on any atom is -0.349 e. The van der Waals surface area contributed by atoms with Crippen LogP contribution in [0.2, 0.25) is 0 Å². The summed E-state index contributed by atoms with van der Waals surface area (Å²) in [6.07, 6.45) is 4.15. The van der Waals surface area contributed by atoms with Gasteiger partial charge in [0.1, 0.15) is 0 Å². The Morgan fingerprint density at radius 2 is 2.11 bits per heavy atom. The maximum atomic E-state index is 13.1. The molecule has 0 radical (unpaired) electrons. The van der Waals surface area contributed by atoms with Crippen LogP contribution in [0.25, 0.3) is 0 Å². The Morgan fingerprint density at radius 3 is 2.68 bits per heavy atom. The number of benzene rings is 1. The fourth-order valence-electron chi connectivity index (χ4n) is 2.11. The highest BCUT2D eigenvalue weighted by atomic mass is 19.2. The van der Waals surface area contributed by atoms with E-state index in [9.17, 15) is 13.6 Å². The first-order valence-electron chi connectivity index (χ1n) is 6.16. The summed E-state index contributed by atoms with van der Waals surface area (Å²) in [4.78, 5) is 11.9. The minimum absolute atomic E-state index is 0.0886. The first kappa shape index (κ1) is 13.7. The summed E-state index contributed by atoms with van der Waals surface area (Å²) < 4.78 is 25.9. The molecule has 0 bridgehead atoms. The maximum absolute atomic E-state index is 13.1. The van der Waals surface area contributed by atoms with Crippen molar-refractivity contribution >= 4 is 5.91 Å². The van der Waals surface area contributed by atoms with E-state index >= 15 is 0 Å². The average Bonchev–Trinajstić information content (AvgIpc) is 2.79. The lowest BCUT2D eigenvalue weighted by molar-refractivity contribution is -0.124.